The predicted molar refractivity (Wildman–Crippen MR) is 110 cm³/mol. The quantitative estimate of drug-likeness (QED) is 0.662. The van der Waals surface area contributed by atoms with Crippen molar-refractivity contribution in [2.75, 3.05) is 10.0 Å². The molecule has 0 bridgehead atoms. The Bertz CT molecular complexity index is 1080. The van der Waals surface area contributed by atoms with E-state index in [1.165, 1.54) is 11.8 Å². The monoisotopic (exact) mass is 381 g/mol. The molecule has 27 heavy (non-hydrogen) atoms. The van der Waals surface area contributed by atoms with Crippen LogP contribution in [0.1, 0.15) is 22.3 Å². The maximum atomic E-state index is 12.6. The molecule has 0 spiro atoms. The first-order chi connectivity index (χ1) is 12.8. The molecule has 2 N–H and O–H groups in total. The summed E-state index contributed by atoms with van der Waals surface area (Å²) in [6.45, 7) is 7.94. The molecule has 0 aliphatic heterocycles. The zero-order valence-electron chi connectivity index (χ0n) is 15.9. The summed E-state index contributed by atoms with van der Waals surface area (Å²) in [5.74, 6) is 0.651. The largest absolute Gasteiger partial charge is 0.340 e. The zero-order chi connectivity index (χ0) is 19.6. The first kappa shape index (κ1) is 18.9. The van der Waals surface area contributed by atoms with Gasteiger partial charge in [0.05, 0.1) is 16.8 Å². The van der Waals surface area contributed by atoms with E-state index in [0.29, 0.717) is 11.5 Å². The van der Waals surface area contributed by atoms with Gasteiger partial charge in [-0.15, -0.1) is 0 Å². The summed E-state index contributed by atoms with van der Waals surface area (Å²) < 4.78 is 27.7. The van der Waals surface area contributed by atoms with Crippen molar-refractivity contribution in [3.05, 3.63) is 77.0 Å². The minimum atomic E-state index is -3.65. The van der Waals surface area contributed by atoms with Crippen LogP contribution in [0, 0.1) is 27.7 Å². The van der Waals surface area contributed by atoms with Crippen LogP contribution in [0.5, 0.6) is 0 Å². The fraction of sp³-hybridized carbons (Fsp3) is 0.190. The van der Waals surface area contributed by atoms with E-state index in [-0.39, 0.29) is 4.90 Å². The maximum Gasteiger partial charge on any atom is 0.261 e. The highest BCUT2D eigenvalue weighted by atomic mass is 32.2. The molecular formula is C21H23N3O2S. The third-order valence-electron chi connectivity index (χ3n) is 4.67. The molecule has 140 valence electrons. The van der Waals surface area contributed by atoms with Crippen LogP contribution in [0.15, 0.2) is 59.6 Å². The second-order valence-electron chi connectivity index (χ2n) is 6.66. The lowest BCUT2D eigenvalue weighted by atomic mass is 10.1. The van der Waals surface area contributed by atoms with E-state index in [0.717, 1.165) is 22.4 Å². The van der Waals surface area contributed by atoms with Gasteiger partial charge in [0.1, 0.15) is 5.82 Å². The number of aryl methyl sites for hydroxylation is 3. The molecule has 6 heteroatoms. The van der Waals surface area contributed by atoms with Crippen molar-refractivity contribution < 1.29 is 8.42 Å². The van der Waals surface area contributed by atoms with Crippen LogP contribution in [0.4, 0.5) is 17.2 Å². The third kappa shape index (κ3) is 4.28. The number of benzene rings is 2. The average Bonchev–Trinajstić information content (AvgIpc) is 2.62. The molecule has 0 aliphatic carbocycles. The van der Waals surface area contributed by atoms with Gasteiger partial charge in [-0.2, -0.15) is 0 Å². The van der Waals surface area contributed by atoms with E-state index in [1.54, 1.807) is 30.3 Å². The highest BCUT2D eigenvalue weighted by Gasteiger charge is 2.15. The first-order valence-corrected chi connectivity index (χ1v) is 10.1. The fourth-order valence-electron chi connectivity index (χ4n) is 2.65. The van der Waals surface area contributed by atoms with E-state index in [1.807, 2.05) is 32.9 Å². The minimum absolute atomic E-state index is 0.239. The number of nitrogens with zero attached hydrogens (tertiary/aromatic N) is 1. The Kier molecular flexibility index (Phi) is 5.19. The zero-order valence-corrected chi connectivity index (χ0v) is 16.7. The van der Waals surface area contributed by atoms with Gasteiger partial charge in [0.15, 0.2) is 0 Å². The Hall–Kier alpha value is -2.86. The molecule has 0 saturated heterocycles. The van der Waals surface area contributed by atoms with Crippen LogP contribution in [0.3, 0.4) is 0 Å². The number of aromatic nitrogens is 1. The number of hydrogen-bond acceptors (Lipinski definition) is 4. The van der Waals surface area contributed by atoms with Crippen LogP contribution in [-0.2, 0) is 10.0 Å². The molecule has 5 nitrogen and oxygen atoms in total. The van der Waals surface area contributed by atoms with Gasteiger partial charge < -0.3 is 5.32 Å². The highest BCUT2D eigenvalue weighted by Crippen LogP contribution is 2.23. The van der Waals surface area contributed by atoms with E-state index in [9.17, 15) is 8.42 Å². The van der Waals surface area contributed by atoms with Crippen molar-refractivity contribution in [3.63, 3.8) is 0 Å². The number of anilines is 3. The SMILES string of the molecule is Cc1ccc(S(=O)(=O)Nc2ccc(Nc3cccc(C)c3C)nc2)cc1C. The smallest absolute Gasteiger partial charge is 0.261 e. The number of sulfonamides is 1. The Morgan fingerprint density at radius 1 is 0.852 bits per heavy atom. The van der Waals surface area contributed by atoms with E-state index >= 15 is 0 Å². The molecular weight excluding hydrogens is 358 g/mol. The number of rotatable bonds is 5. The topological polar surface area (TPSA) is 71.1 Å². The van der Waals surface area contributed by atoms with Crippen molar-refractivity contribution in [1.82, 2.24) is 4.98 Å². The van der Waals surface area contributed by atoms with E-state index < -0.39 is 10.0 Å². The molecule has 1 heterocycles. The normalized spacial score (nSPS) is 11.3. The molecule has 0 atom stereocenters. The van der Waals surface area contributed by atoms with Crippen LogP contribution < -0.4 is 10.0 Å². The Labute approximate surface area is 160 Å². The van der Waals surface area contributed by atoms with Gasteiger partial charge in [0.25, 0.3) is 10.0 Å². The summed E-state index contributed by atoms with van der Waals surface area (Å²) in [7, 11) is -3.65. The highest BCUT2D eigenvalue weighted by molar-refractivity contribution is 7.92. The Balaban J connectivity index is 1.77. The lowest BCUT2D eigenvalue weighted by Crippen LogP contribution is -2.13. The summed E-state index contributed by atoms with van der Waals surface area (Å²) in [5, 5.41) is 3.26. The fourth-order valence-corrected chi connectivity index (χ4v) is 3.78. The van der Waals surface area contributed by atoms with Crippen molar-refractivity contribution >= 4 is 27.2 Å². The van der Waals surface area contributed by atoms with Crippen molar-refractivity contribution in [3.8, 4) is 0 Å². The van der Waals surface area contributed by atoms with E-state index in [2.05, 4.69) is 28.0 Å². The molecule has 0 amide bonds. The van der Waals surface area contributed by atoms with Gasteiger partial charge in [-0.1, -0.05) is 18.2 Å². The van der Waals surface area contributed by atoms with E-state index in [4.69, 9.17) is 0 Å². The molecule has 0 unspecified atom stereocenters. The minimum Gasteiger partial charge on any atom is -0.340 e. The van der Waals surface area contributed by atoms with Crippen LogP contribution >= 0.6 is 0 Å². The number of nitrogens with one attached hydrogen (secondary N) is 2. The van der Waals surface area contributed by atoms with Gasteiger partial charge in [-0.25, -0.2) is 13.4 Å². The van der Waals surface area contributed by atoms with Crippen molar-refractivity contribution in [2.45, 2.75) is 32.6 Å². The van der Waals surface area contributed by atoms with Gasteiger partial charge in [0.2, 0.25) is 0 Å². The Morgan fingerprint density at radius 3 is 2.30 bits per heavy atom. The van der Waals surface area contributed by atoms with Crippen LogP contribution in [0.25, 0.3) is 0 Å². The molecule has 1 aromatic heterocycles. The predicted octanol–water partition coefficient (Wildman–Crippen LogP) is 4.86. The standard InChI is InChI=1S/C21H23N3O2S/c1-14-8-10-19(12-16(14)3)27(25,26)24-18-9-11-21(22-13-18)23-20-7-5-6-15(2)17(20)4/h5-13,24H,1-4H3,(H,22,23). The molecule has 0 fully saturated rings. The van der Waals surface area contributed by atoms with Crippen molar-refractivity contribution in [2.24, 2.45) is 0 Å². The molecule has 0 radical (unpaired) electrons. The maximum absolute atomic E-state index is 12.6. The van der Waals surface area contributed by atoms with Gasteiger partial charge >= 0.3 is 0 Å². The third-order valence-corrected chi connectivity index (χ3v) is 6.05. The second-order valence-corrected chi connectivity index (χ2v) is 8.34. The van der Waals surface area contributed by atoms with Crippen LogP contribution in [-0.4, -0.2) is 13.4 Å². The molecule has 3 aromatic rings. The average molecular weight is 382 g/mol. The first-order valence-electron chi connectivity index (χ1n) is 8.65. The second kappa shape index (κ2) is 7.40. The summed E-state index contributed by atoms with van der Waals surface area (Å²) in [5.41, 5.74) is 5.73. The summed E-state index contributed by atoms with van der Waals surface area (Å²) in [6, 6.07) is 14.5. The van der Waals surface area contributed by atoms with Gasteiger partial charge in [-0.05, 0) is 80.3 Å². The lowest BCUT2D eigenvalue weighted by Gasteiger charge is -2.12. The van der Waals surface area contributed by atoms with Gasteiger partial charge in [0, 0.05) is 5.69 Å². The van der Waals surface area contributed by atoms with Gasteiger partial charge in [-0.3, -0.25) is 4.72 Å². The molecule has 0 aliphatic rings. The summed E-state index contributed by atoms with van der Waals surface area (Å²) in [6.07, 6.45) is 1.51. The molecule has 0 saturated carbocycles. The van der Waals surface area contributed by atoms with Crippen LogP contribution in [0.2, 0.25) is 0 Å². The Morgan fingerprint density at radius 2 is 1.63 bits per heavy atom. The number of pyridine rings is 1. The summed E-state index contributed by atoms with van der Waals surface area (Å²) in [4.78, 5) is 4.56. The lowest BCUT2D eigenvalue weighted by molar-refractivity contribution is 0.601. The van der Waals surface area contributed by atoms with Crippen molar-refractivity contribution in [1.29, 1.82) is 0 Å². The summed E-state index contributed by atoms with van der Waals surface area (Å²) >= 11 is 0. The molecule has 2 aromatic carbocycles. The number of hydrogen-bond donors (Lipinski definition) is 2. The molecule has 3 rings (SSSR count).